The highest BCUT2D eigenvalue weighted by atomic mass is 35.5. The summed E-state index contributed by atoms with van der Waals surface area (Å²) < 4.78 is 13.1. The number of aromatic nitrogens is 1. The molecule has 1 nitrogen and oxygen atoms in total. The molecular weight excluding hydrogens is 223 g/mol. The fraction of sp³-hybridized carbons (Fsp3) is 0. The van der Waals surface area contributed by atoms with Gasteiger partial charge < -0.3 is 0 Å². The zero-order valence-electron chi connectivity index (χ0n) is 6.89. The Morgan fingerprint density at radius 1 is 1.21 bits per heavy atom. The van der Waals surface area contributed by atoms with Crippen LogP contribution in [0.1, 0.15) is 0 Å². The molecule has 14 heavy (non-hydrogen) atoms. The van der Waals surface area contributed by atoms with Gasteiger partial charge >= 0.3 is 0 Å². The maximum atomic E-state index is 13.1. The highest BCUT2D eigenvalue weighted by Crippen LogP contribution is 2.24. The van der Waals surface area contributed by atoms with Crippen LogP contribution in [0.4, 0.5) is 4.39 Å². The molecule has 0 aliphatic heterocycles. The second-order valence-corrected chi connectivity index (χ2v) is 3.58. The van der Waals surface area contributed by atoms with Crippen LogP contribution in [0.5, 0.6) is 0 Å². The molecule has 0 saturated heterocycles. The molecule has 0 unspecified atom stereocenters. The van der Waals surface area contributed by atoms with Crippen LogP contribution in [-0.2, 0) is 0 Å². The quantitative estimate of drug-likeness (QED) is 0.496. The molecule has 0 aliphatic carbocycles. The number of hydrogen-bond acceptors (Lipinski definition) is 1. The summed E-state index contributed by atoms with van der Waals surface area (Å²) in [5, 5.41) is 1.63. The Hall–Kier alpha value is -0.795. The van der Waals surface area contributed by atoms with Crippen LogP contribution < -0.4 is 5.46 Å². The predicted molar refractivity (Wildman–Crippen MR) is 57.1 cm³/mol. The Morgan fingerprint density at radius 3 is 2.64 bits per heavy atom. The van der Waals surface area contributed by atoms with Gasteiger partial charge in [0.1, 0.15) is 24.0 Å². The Kier molecular flexibility index (Phi) is 2.37. The van der Waals surface area contributed by atoms with Gasteiger partial charge in [-0.2, -0.15) is 0 Å². The lowest BCUT2D eigenvalue weighted by Crippen LogP contribution is -2.07. The van der Waals surface area contributed by atoms with E-state index in [1.54, 1.807) is 0 Å². The first-order valence-electron chi connectivity index (χ1n) is 3.78. The van der Waals surface area contributed by atoms with Gasteiger partial charge in [0.2, 0.25) is 0 Å². The van der Waals surface area contributed by atoms with E-state index in [9.17, 15) is 4.39 Å². The monoisotopic (exact) mass is 225 g/mol. The van der Waals surface area contributed by atoms with Gasteiger partial charge in [-0.3, -0.25) is 0 Å². The molecule has 0 saturated carbocycles. The third kappa shape index (κ3) is 1.58. The van der Waals surface area contributed by atoms with Gasteiger partial charge in [-0.25, -0.2) is 9.37 Å². The van der Waals surface area contributed by atoms with E-state index < -0.39 is 5.82 Å². The lowest BCUT2D eigenvalue weighted by molar-refractivity contribution is 0.638. The molecule has 0 bridgehead atoms. The van der Waals surface area contributed by atoms with E-state index >= 15 is 0 Å². The fourth-order valence-electron chi connectivity index (χ4n) is 1.22. The van der Waals surface area contributed by atoms with Gasteiger partial charge in [-0.05, 0) is 17.5 Å². The molecule has 1 aromatic carbocycles. The zero-order chi connectivity index (χ0) is 10.3. The van der Waals surface area contributed by atoms with Crippen molar-refractivity contribution in [3.63, 3.8) is 0 Å². The number of nitrogens with zero attached hydrogens (tertiary/aromatic N) is 1. The van der Waals surface area contributed by atoms with E-state index in [1.165, 1.54) is 18.2 Å². The van der Waals surface area contributed by atoms with Gasteiger partial charge in [0, 0.05) is 5.39 Å². The van der Waals surface area contributed by atoms with Crippen molar-refractivity contribution >= 4 is 47.3 Å². The van der Waals surface area contributed by atoms with Gasteiger partial charge in [-0.1, -0.05) is 34.7 Å². The van der Waals surface area contributed by atoms with Crippen LogP contribution in [0.3, 0.4) is 0 Å². The van der Waals surface area contributed by atoms with Crippen molar-refractivity contribution in [1.82, 2.24) is 4.98 Å². The van der Waals surface area contributed by atoms with Crippen molar-refractivity contribution in [3.8, 4) is 0 Å². The molecular formula is C9H3BCl2FN. The highest BCUT2D eigenvalue weighted by molar-refractivity contribution is 6.38. The summed E-state index contributed by atoms with van der Waals surface area (Å²) in [4.78, 5) is 3.83. The average Bonchev–Trinajstić information content (AvgIpc) is 2.08. The summed E-state index contributed by atoms with van der Waals surface area (Å²) in [7, 11) is 5.40. The molecule has 0 atom stereocenters. The van der Waals surface area contributed by atoms with Gasteiger partial charge in [0.25, 0.3) is 0 Å². The van der Waals surface area contributed by atoms with E-state index in [1.807, 2.05) is 0 Å². The Balaban J connectivity index is 2.89. The van der Waals surface area contributed by atoms with Gasteiger partial charge in [-0.15, -0.1) is 0 Å². The summed E-state index contributed by atoms with van der Waals surface area (Å²) in [5.74, 6) is -0.490. The van der Waals surface area contributed by atoms with Crippen LogP contribution in [0, 0.1) is 5.82 Å². The van der Waals surface area contributed by atoms with Crippen LogP contribution in [0.2, 0.25) is 10.3 Å². The summed E-state index contributed by atoms with van der Waals surface area (Å²) in [6.07, 6.45) is 0. The standard InChI is InChI=1S/C9H3BCl2FN/c10-6-3-5-4(1-7(6)13)2-8(11)14-9(5)12/h1-3H. The lowest BCUT2D eigenvalue weighted by Gasteiger charge is -2.03. The Morgan fingerprint density at radius 2 is 1.93 bits per heavy atom. The van der Waals surface area contributed by atoms with E-state index in [0.29, 0.717) is 10.8 Å². The number of benzene rings is 1. The molecule has 0 N–H and O–H groups in total. The number of rotatable bonds is 0. The van der Waals surface area contributed by atoms with Crippen molar-refractivity contribution in [1.29, 1.82) is 0 Å². The fourth-order valence-corrected chi connectivity index (χ4v) is 1.72. The minimum absolute atomic E-state index is 0.0449. The van der Waals surface area contributed by atoms with Crippen molar-refractivity contribution < 1.29 is 4.39 Å². The highest BCUT2D eigenvalue weighted by Gasteiger charge is 2.06. The summed E-state index contributed by atoms with van der Waals surface area (Å²) >= 11 is 11.5. The molecule has 0 aliphatic rings. The Bertz CT molecular complexity index is 516. The maximum Gasteiger partial charge on any atom is 0.138 e. The second-order valence-electron chi connectivity index (χ2n) is 2.83. The second kappa shape index (κ2) is 3.41. The molecule has 5 heteroatoms. The van der Waals surface area contributed by atoms with Crippen LogP contribution in [0.15, 0.2) is 18.2 Å². The molecule has 2 radical (unpaired) electrons. The molecule has 1 heterocycles. The largest absolute Gasteiger partial charge is 0.224 e. The van der Waals surface area contributed by atoms with E-state index in [2.05, 4.69) is 4.98 Å². The lowest BCUT2D eigenvalue weighted by atomic mass is 9.93. The topological polar surface area (TPSA) is 12.9 Å². The number of halogens is 3. The van der Waals surface area contributed by atoms with Crippen molar-refractivity contribution in [3.05, 3.63) is 34.3 Å². The third-order valence-corrected chi connectivity index (χ3v) is 2.35. The number of fused-ring (bicyclic) bond motifs is 1. The van der Waals surface area contributed by atoms with Crippen LogP contribution in [-0.4, -0.2) is 12.8 Å². The van der Waals surface area contributed by atoms with Crippen molar-refractivity contribution in [2.24, 2.45) is 0 Å². The molecule has 0 fully saturated rings. The summed E-state index contributed by atoms with van der Waals surface area (Å²) in [6.45, 7) is 0. The first kappa shape index (κ1) is 9.75. The zero-order valence-corrected chi connectivity index (χ0v) is 8.40. The molecule has 68 valence electrons. The third-order valence-electron chi connectivity index (χ3n) is 1.87. The number of hydrogen-bond donors (Lipinski definition) is 0. The smallest absolute Gasteiger partial charge is 0.138 e. The molecule has 1 aromatic heterocycles. The van der Waals surface area contributed by atoms with Gasteiger partial charge in [0.05, 0.1) is 0 Å². The van der Waals surface area contributed by atoms with Crippen molar-refractivity contribution in [2.75, 3.05) is 0 Å². The summed E-state index contributed by atoms with van der Waals surface area (Å²) in [5.41, 5.74) is 0.0449. The first-order valence-corrected chi connectivity index (χ1v) is 4.54. The van der Waals surface area contributed by atoms with Crippen LogP contribution in [0.25, 0.3) is 10.8 Å². The average molecular weight is 226 g/mol. The Labute approximate surface area is 91.3 Å². The van der Waals surface area contributed by atoms with E-state index in [0.717, 1.165) is 0 Å². The van der Waals surface area contributed by atoms with E-state index in [-0.39, 0.29) is 15.8 Å². The molecule has 0 spiro atoms. The number of pyridine rings is 1. The SMILES string of the molecule is [B]c1cc2c(Cl)nc(Cl)cc2cc1F. The minimum atomic E-state index is -0.490. The molecule has 0 amide bonds. The maximum absolute atomic E-state index is 13.1. The minimum Gasteiger partial charge on any atom is -0.224 e. The predicted octanol–water partition coefficient (Wildman–Crippen LogP) is 2.47. The van der Waals surface area contributed by atoms with Crippen molar-refractivity contribution in [2.45, 2.75) is 0 Å². The van der Waals surface area contributed by atoms with Gasteiger partial charge in [0.15, 0.2) is 0 Å². The molecule has 2 aromatic rings. The van der Waals surface area contributed by atoms with E-state index in [4.69, 9.17) is 31.0 Å². The first-order chi connectivity index (χ1) is 6.58. The van der Waals surface area contributed by atoms with Crippen LogP contribution >= 0.6 is 23.2 Å². The normalized spacial score (nSPS) is 10.8. The summed E-state index contributed by atoms with van der Waals surface area (Å²) in [6, 6.07) is 4.26. The molecule has 2 rings (SSSR count).